The number of fused-ring (bicyclic) bond motifs is 1. The van der Waals surface area contributed by atoms with Crippen molar-refractivity contribution in [2.45, 2.75) is 31.5 Å². The number of carbonyl (C=O) groups excluding carboxylic acids is 2. The highest BCUT2D eigenvalue weighted by molar-refractivity contribution is 9.08. The van der Waals surface area contributed by atoms with Gasteiger partial charge in [0.05, 0.1) is 16.9 Å². The second-order valence-corrected chi connectivity index (χ2v) is 11.2. The third-order valence-electron chi connectivity index (χ3n) is 7.77. The van der Waals surface area contributed by atoms with Gasteiger partial charge in [-0.2, -0.15) is 0 Å². The summed E-state index contributed by atoms with van der Waals surface area (Å²) in [4.78, 5) is 30.3. The summed E-state index contributed by atoms with van der Waals surface area (Å²) in [5.74, 6) is -0.377. The molecule has 0 radical (unpaired) electrons. The molecule has 0 unspecified atom stereocenters. The quantitative estimate of drug-likeness (QED) is 0.150. The van der Waals surface area contributed by atoms with Gasteiger partial charge in [-0.15, -0.1) is 0 Å². The molecule has 0 aliphatic carbocycles. The second-order valence-electron chi connectivity index (χ2n) is 10.7. The average molecular weight is 607 g/mol. The summed E-state index contributed by atoms with van der Waals surface area (Å²) in [6, 6.07) is 31.5. The van der Waals surface area contributed by atoms with Gasteiger partial charge in [-0.3, -0.25) is 9.59 Å². The highest BCUT2D eigenvalue weighted by Crippen LogP contribution is 2.32. The smallest absolute Gasteiger partial charge is 0.255 e. The lowest BCUT2D eigenvalue weighted by atomic mass is 10.0. The fourth-order valence-corrected chi connectivity index (χ4v) is 5.99. The molecule has 1 amide bonds. The Morgan fingerprint density at radius 2 is 1.61 bits per heavy atom. The molecule has 41 heavy (non-hydrogen) atoms. The van der Waals surface area contributed by atoms with Gasteiger partial charge in [0.1, 0.15) is 0 Å². The van der Waals surface area contributed by atoms with Crippen LogP contribution >= 0.6 is 15.9 Å². The van der Waals surface area contributed by atoms with Crippen LogP contribution in [0.1, 0.15) is 56.8 Å². The van der Waals surface area contributed by atoms with Crippen LogP contribution in [0.15, 0.2) is 97.1 Å². The van der Waals surface area contributed by atoms with E-state index in [9.17, 15) is 9.59 Å². The lowest BCUT2D eigenvalue weighted by Gasteiger charge is -2.29. The van der Waals surface area contributed by atoms with Gasteiger partial charge in [-0.05, 0) is 91.9 Å². The Balaban J connectivity index is 1.47. The molecule has 1 fully saturated rings. The summed E-state index contributed by atoms with van der Waals surface area (Å²) in [6.07, 6.45) is 3.49. The van der Waals surface area contributed by atoms with E-state index in [1.54, 1.807) is 6.07 Å². The van der Waals surface area contributed by atoms with Crippen LogP contribution < -0.4 is 10.2 Å². The Morgan fingerprint density at radius 3 is 2.39 bits per heavy atom. The number of carbonyl (C=O) groups is 2. The van der Waals surface area contributed by atoms with Crippen molar-refractivity contribution in [2.75, 3.05) is 23.3 Å². The van der Waals surface area contributed by atoms with E-state index in [0.29, 0.717) is 27.8 Å². The van der Waals surface area contributed by atoms with E-state index in [2.05, 4.69) is 51.3 Å². The number of ketones is 1. The Kier molecular flexibility index (Phi) is 7.75. The van der Waals surface area contributed by atoms with E-state index in [-0.39, 0.29) is 11.7 Å². The predicted octanol–water partition coefficient (Wildman–Crippen LogP) is 8.31. The minimum absolute atomic E-state index is 0.133. The van der Waals surface area contributed by atoms with Crippen molar-refractivity contribution in [3.63, 3.8) is 0 Å². The third kappa shape index (κ3) is 5.57. The van der Waals surface area contributed by atoms with E-state index < -0.39 is 0 Å². The van der Waals surface area contributed by atoms with Crippen molar-refractivity contribution in [1.29, 1.82) is 0 Å². The van der Waals surface area contributed by atoms with Gasteiger partial charge in [-0.1, -0.05) is 58.4 Å². The van der Waals surface area contributed by atoms with E-state index in [1.165, 1.54) is 6.42 Å². The predicted molar refractivity (Wildman–Crippen MR) is 171 cm³/mol. The summed E-state index contributed by atoms with van der Waals surface area (Å²) in [7, 11) is 0. The molecule has 0 spiro atoms. The highest BCUT2D eigenvalue weighted by atomic mass is 79.9. The largest absolute Gasteiger partial charge is 0.372 e. The van der Waals surface area contributed by atoms with E-state index in [4.69, 9.17) is 0 Å². The number of hydrogen-bond donors (Lipinski definition) is 1. The van der Waals surface area contributed by atoms with E-state index >= 15 is 0 Å². The SMILES string of the molecule is Cc1ccc2cc(C(=O)c3cc(N4CCCCC4)ccc3NC(=O)c3cccc(CBr)c3)n(-c3ccccc3)c2c1. The summed E-state index contributed by atoms with van der Waals surface area (Å²) < 4.78 is 2.03. The zero-order valence-corrected chi connectivity index (χ0v) is 24.7. The number of aromatic nitrogens is 1. The number of para-hydroxylation sites is 1. The van der Waals surface area contributed by atoms with Gasteiger partial charge in [0.15, 0.2) is 0 Å². The first-order chi connectivity index (χ1) is 20.0. The fraction of sp³-hybridized carbons (Fsp3) is 0.200. The number of aryl methyl sites for hydroxylation is 1. The first-order valence-electron chi connectivity index (χ1n) is 14.1. The van der Waals surface area contributed by atoms with Crippen LogP contribution in [-0.2, 0) is 5.33 Å². The molecule has 5 nitrogen and oxygen atoms in total. The monoisotopic (exact) mass is 605 g/mol. The number of alkyl halides is 1. The molecule has 1 saturated heterocycles. The zero-order chi connectivity index (χ0) is 28.3. The number of benzene rings is 4. The molecule has 6 rings (SSSR count). The Morgan fingerprint density at radius 1 is 0.805 bits per heavy atom. The average Bonchev–Trinajstić information content (AvgIpc) is 3.40. The van der Waals surface area contributed by atoms with Crippen molar-refractivity contribution in [2.24, 2.45) is 0 Å². The van der Waals surface area contributed by atoms with Crippen LogP contribution in [-0.4, -0.2) is 29.3 Å². The first kappa shape index (κ1) is 27.0. The molecule has 0 saturated carbocycles. The summed E-state index contributed by atoms with van der Waals surface area (Å²) >= 11 is 3.47. The molecule has 5 aromatic rings. The van der Waals surface area contributed by atoms with Crippen molar-refractivity contribution in [1.82, 2.24) is 4.57 Å². The lowest BCUT2D eigenvalue weighted by Crippen LogP contribution is -2.29. The molecule has 1 aromatic heterocycles. The number of nitrogens with zero attached hydrogens (tertiary/aromatic N) is 2. The van der Waals surface area contributed by atoms with Gasteiger partial charge in [0.2, 0.25) is 5.78 Å². The Bertz CT molecular complexity index is 1740. The van der Waals surface area contributed by atoms with E-state index in [1.807, 2.05) is 77.4 Å². The standard InChI is InChI=1S/C35H32BrN3O2/c1-24-13-14-26-21-33(39(32(26)19-24)28-11-4-2-5-12-28)34(40)30-22-29(38-17-6-3-7-18-38)15-16-31(30)37-35(41)27-10-8-9-25(20-27)23-36/h2,4-5,8-16,19-22H,3,6-7,17-18,23H2,1H3,(H,37,41). The van der Waals surface area contributed by atoms with Crippen molar-refractivity contribution in [3.05, 3.63) is 125 Å². The van der Waals surface area contributed by atoms with E-state index in [0.717, 1.165) is 59.3 Å². The molecule has 4 aromatic carbocycles. The third-order valence-corrected chi connectivity index (χ3v) is 8.42. The molecule has 2 heterocycles. The van der Waals surface area contributed by atoms with Gasteiger partial charge in [0, 0.05) is 46.3 Å². The van der Waals surface area contributed by atoms with Crippen LogP contribution in [0.25, 0.3) is 16.6 Å². The lowest BCUT2D eigenvalue weighted by molar-refractivity contribution is 0.102. The Labute approximate surface area is 248 Å². The van der Waals surface area contributed by atoms with Crippen LogP contribution in [0, 0.1) is 6.92 Å². The van der Waals surface area contributed by atoms with Crippen molar-refractivity contribution in [3.8, 4) is 5.69 Å². The minimum atomic E-state index is -0.244. The topological polar surface area (TPSA) is 54.3 Å². The van der Waals surface area contributed by atoms with Crippen LogP contribution in [0.4, 0.5) is 11.4 Å². The van der Waals surface area contributed by atoms with Gasteiger partial charge >= 0.3 is 0 Å². The second kappa shape index (κ2) is 11.8. The molecule has 1 N–H and O–H groups in total. The molecule has 6 heteroatoms. The number of piperidine rings is 1. The number of hydrogen-bond acceptors (Lipinski definition) is 3. The molecule has 0 atom stereocenters. The summed E-state index contributed by atoms with van der Waals surface area (Å²) in [6.45, 7) is 3.98. The molecular weight excluding hydrogens is 574 g/mol. The number of halogens is 1. The number of anilines is 2. The maximum Gasteiger partial charge on any atom is 0.255 e. The minimum Gasteiger partial charge on any atom is -0.372 e. The molecule has 1 aliphatic heterocycles. The maximum atomic E-state index is 14.6. The number of nitrogens with one attached hydrogen (secondary N) is 1. The summed E-state index contributed by atoms with van der Waals surface area (Å²) in [5, 5.41) is 4.71. The van der Waals surface area contributed by atoms with Crippen molar-refractivity contribution >= 4 is 49.9 Å². The maximum absolute atomic E-state index is 14.6. The number of amides is 1. The number of rotatable bonds is 7. The normalized spacial score (nSPS) is 13.4. The Hall–Kier alpha value is -4.16. The molecule has 206 valence electrons. The summed E-state index contributed by atoms with van der Waals surface area (Å²) in [5.41, 5.74) is 7.13. The van der Waals surface area contributed by atoms with Crippen molar-refractivity contribution < 1.29 is 9.59 Å². The zero-order valence-electron chi connectivity index (χ0n) is 23.1. The van der Waals surface area contributed by atoms with Gasteiger partial charge in [-0.25, -0.2) is 0 Å². The van der Waals surface area contributed by atoms with Gasteiger partial charge in [0.25, 0.3) is 5.91 Å². The van der Waals surface area contributed by atoms with Crippen LogP contribution in [0.5, 0.6) is 0 Å². The molecule has 0 bridgehead atoms. The molecule has 1 aliphatic rings. The van der Waals surface area contributed by atoms with Crippen LogP contribution in [0.3, 0.4) is 0 Å². The highest BCUT2D eigenvalue weighted by Gasteiger charge is 2.24. The molecular formula is C35H32BrN3O2. The first-order valence-corrected chi connectivity index (χ1v) is 15.2. The van der Waals surface area contributed by atoms with Gasteiger partial charge < -0.3 is 14.8 Å². The fourth-order valence-electron chi connectivity index (χ4n) is 5.64. The van der Waals surface area contributed by atoms with Crippen LogP contribution in [0.2, 0.25) is 0 Å².